The van der Waals surface area contributed by atoms with E-state index in [1.807, 2.05) is 4.90 Å². The Kier molecular flexibility index (Phi) is 3.24. The van der Waals surface area contributed by atoms with Gasteiger partial charge in [-0.15, -0.1) is 0 Å². The molecule has 2 fully saturated rings. The summed E-state index contributed by atoms with van der Waals surface area (Å²) >= 11 is 0. The lowest BCUT2D eigenvalue weighted by Gasteiger charge is -2.37. The van der Waals surface area contributed by atoms with Gasteiger partial charge in [0.05, 0.1) is 5.54 Å². The summed E-state index contributed by atoms with van der Waals surface area (Å²) < 4.78 is 0. The average Bonchev–Trinajstić information content (AvgIpc) is 2.54. The van der Waals surface area contributed by atoms with Crippen molar-refractivity contribution >= 4 is 5.91 Å². The summed E-state index contributed by atoms with van der Waals surface area (Å²) in [4.78, 5) is 14.5. The van der Waals surface area contributed by atoms with Gasteiger partial charge < -0.3 is 10.6 Å². The van der Waals surface area contributed by atoms with Crippen LogP contribution >= 0.6 is 0 Å². The molecule has 1 heterocycles. The minimum absolute atomic E-state index is 0.139. The van der Waals surface area contributed by atoms with Gasteiger partial charge in [-0.1, -0.05) is 19.3 Å². The predicted molar refractivity (Wildman–Crippen MR) is 65.0 cm³/mol. The molecule has 16 heavy (non-hydrogen) atoms. The zero-order valence-corrected chi connectivity index (χ0v) is 10.5. The molecule has 2 rings (SSSR count). The molecule has 1 amide bonds. The van der Waals surface area contributed by atoms with E-state index in [9.17, 15) is 4.79 Å². The van der Waals surface area contributed by atoms with Crippen LogP contribution in [-0.2, 0) is 4.79 Å². The van der Waals surface area contributed by atoms with Crippen LogP contribution in [0.2, 0.25) is 0 Å². The number of likely N-dealkylation sites (tertiary alicyclic amines) is 1. The van der Waals surface area contributed by atoms with E-state index in [0.717, 1.165) is 25.8 Å². The second kappa shape index (κ2) is 4.36. The topological polar surface area (TPSA) is 46.3 Å². The van der Waals surface area contributed by atoms with Crippen LogP contribution in [0.4, 0.5) is 0 Å². The Morgan fingerprint density at radius 3 is 2.31 bits per heavy atom. The number of carbonyl (C=O) groups is 1. The van der Waals surface area contributed by atoms with Crippen LogP contribution in [-0.4, -0.2) is 28.9 Å². The number of nitrogens with zero attached hydrogens (tertiary/aromatic N) is 1. The molecule has 1 unspecified atom stereocenters. The highest BCUT2D eigenvalue weighted by molar-refractivity contribution is 5.80. The summed E-state index contributed by atoms with van der Waals surface area (Å²) in [6.07, 6.45) is 6.85. The zero-order chi connectivity index (χ0) is 11.8. The van der Waals surface area contributed by atoms with Crippen LogP contribution in [0.5, 0.6) is 0 Å². The van der Waals surface area contributed by atoms with Gasteiger partial charge in [0.2, 0.25) is 5.91 Å². The van der Waals surface area contributed by atoms with Crippen molar-refractivity contribution in [1.82, 2.24) is 4.90 Å². The molecule has 3 heteroatoms. The van der Waals surface area contributed by atoms with Crippen LogP contribution in [0.15, 0.2) is 0 Å². The molecule has 3 nitrogen and oxygen atoms in total. The molecule has 2 aliphatic rings. The van der Waals surface area contributed by atoms with Gasteiger partial charge in [0, 0.05) is 18.5 Å². The van der Waals surface area contributed by atoms with Crippen molar-refractivity contribution in [3.05, 3.63) is 0 Å². The number of carbonyl (C=O) groups excluding carboxylic acids is 1. The molecular formula is C13H24N2O. The number of nitrogens with two attached hydrogens (primary N) is 1. The van der Waals surface area contributed by atoms with E-state index in [1.165, 1.54) is 19.3 Å². The molecule has 0 bridgehead atoms. The fourth-order valence-electron chi connectivity index (χ4n) is 3.07. The first-order chi connectivity index (χ1) is 7.53. The minimum Gasteiger partial charge on any atom is -0.336 e. The van der Waals surface area contributed by atoms with E-state index in [4.69, 9.17) is 5.73 Å². The standard InChI is InChI=1S/C13H24N2O/c1-13(2)11(14)8-9-15(13)12(16)10-6-4-3-5-7-10/h10-11H,3-9,14H2,1-2H3. The SMILES string of the molecule is CC1(C)C(N)CCN1C(=O)C1CCCCC1. The first-order valence-corrected chi connectivity index (χ1v) is 6.60. The maximum Gasteiger partial charge on any atom is 0.226 e. The smallest absolute Gasteiger partial charge is 0.226 e. The van der Waals surface area contributed by atoms with E-state index < -0.39 is 0 Å². The lowest BCUT2D eigenvalue weighted by atomic mass is 9.87. The van der Waals surface area contributed by atoms with E-state index in [0.29, 0.717) is 5.91 Å². The molecule has 0 radical (unpaired) electrons. The van der Waals surface area contributed by atoms with Crippen molar-refractivity contribution in [2.75, 3.05) is 6.54 Å². The summed E-state index contributed by atoms with van der Waals surface area (Å²) in [7, 11) is 0. The maximum atomic E-state index is 12.4. The van der Waals surface area contributed by atoms with Crippen molar-refractivity contribution in [3.63, 3.8) is 0 Å². The Hall–Kier alpha value is -0.570. The molecule has 0 spiro atoms. The molecule has 0 aromatic carbocycles. The Bertz CT molecular complexity index is 269. The third-order valence-electron chi connectivity index (χ3n) is 4.49. The summed E-state index contributed by atoms with van der Waals surface area (Å²) in [5, 5.41) is 0. The third-order valence-corrected chi connectivity index (χ3v) is 4.49. The maximum absolute atomic E-state index is 12.4. The first kappa shape index (κ1) is 11.9. The molecule has 1 saturated heterocycles. The predicted octanol–water partition coefficient (Wildman–Crippen LogP) is 1.90. The molecule has 1 saturated carbocycles. The van der Waals surface area contributed by atoms with Crippen molar-refractivity contribution in [3.8, 4) is 0 Å². The first-order valence-electron chi connectivity index (χ1n) is 6.60. The lowest BCUT2D eigenvalue weighted by Crippen LogP contribution is -2.52. The normalized spacial score (nSPS) is 30.7. The average molecular weight is 224 g/mol. The lowest BCUT2D eigenvalue weighted by molar-refractivity contribution is -0.140. The Morgan fingerprint density at radius 2 is 1.81 bits per heavy atom. The summed E-state index contributed by atoms with van der Waals surface area (Å²) in [5.41, 5.74) is 5.93. The second-order valence-corrected chi connectivity index (χ2v) is 5.87. The van der Waals surface area contributed by atoms with Gasteiger partial charge in [-0.3, -0.25) is 4.79 Å². The van der Waals surface area contributed by atoms with Crippen molar-refractivity contribution < 1.29 is 4.79 Å². The van der Waals surface area contributed by atoms with Gasteiger partial charge in [-0.25, -0.2) is 0 Å². The summed E-state index contributed by atoms with van der Waals surface area (Å²) in [6.45, 7) is 5.06. The van der Waals surface area contributed by atoms with E-state index in [2.05, 4.69) is 13.8 Å². The molecule has 92 valence electrons. The van der Waals surface area contributed by atoms with Gasteiger partial charge in [0.15, 0.2) is 0 Å². The van der Waals surface area contributed by atoms with E-state index in [1.54, 1.807) is 0 Å². The van der Waals surface area contributed by atoms with Crippen LogP contribution in [0, 0.1) is 5.92 Å². The largest absolute Gasteiger partial charge is 0.336 e. The van der Waals surface area contributed by atoms with Crippen LogP contribution in [0.3, 0.4) is 0 Å². The van der Waals surface area contributed by atoms with Gasteiger partial charge in [0.25, 0.3) is 0 Å². The van der Waals surface area contributed by atoms with Gasteiger partial charge in [-0.05, 0) is 33.1 Å². The molecular weight excluding hydrogens is 200 g/mol. The highest BCUT2D eigenvalue weighted by Gasteiger charge is 2.43. The molecule has 1 aliphatic carbocycles. The van der Waals surface area contributed by atoms with Gasteiger partial charge >= 0.3 is 0 Å². The van der Waals surface area contributed by atoms with Crippen LogP contribution in [0.25, 0.3) is 0 Å². The highest BCUT2D eigenvalue weighted by atomic mass is 16.2. The number of rotatable bonds is 1. The minimum atomic E-state index is -0.144. The second-order valence-electron chi connectivity index (χ2n) is 5.87. The third kappa shape index (κ3) is 1.97. The van der Waals surface area contributed by atoms with Gasteiger partial charge in [0.1, 0.15) is 0 Å². The monoisotopic (exact) mass is 224 g/mol. The Labute approximate surface area is 98.4 Å². The fourth-order valence-corrected chi connectivity index (χ4v) is 3.07. The Morgan fingerprint density at radius 1 is 1.19 bits per heavy atom. The fraction of sp³-hybridized carbons (Fsp3) is 0.923. The quantitative estimate of drug-likeness (QED) is 0.739. The molecule has 0 aromatic heterocycles. The molecule has 2 N–H and O–H groups in total. The van der Waals surface area contributed by atoms with E-state index in [-0.39, 0.29) is 17.5 Å². The van der Waals surface area contributed by atoms with Crippen LogP contribution in [0.1, 0.15) is 52.4 Å². The van der Waals surface area contributed by atoms with Crippen LogP contribution < -0.4 is 5.73 Å². The van der Waals surface area contributed by atoms with Gasteiger partial charge in [-0.2, -0.15) is 0 Å². The van der Waals surface area contributed by atoms with Crippen molar-refractivity contribution in [2.24, 2.45) is 11.7 Å². The number of hydrogen-bond donors (Lipinski definition) is 1. The number of hydrogen-bond acceptors (Lipinski definition) is 2. The molecule has 1 aliphatic heterocycles. The van der Waals surface area contributed by atoms with Crippen molar-refractivity contribution in [2.45, 2.75) is 64.0 Å². The molecule has 0 aromatic rings. The van der Waals surface area contributed by atoms with E-state index >= 15 is 0 Å². The number of amides is 1. The molecule has 1 atom stereocenters. The van der Waals surface area contributed by atoms with Crippen molar-refractivity contribution in [1.29, 1.82) is 0 Å². The summed E-state index contributed by atoms with van der Waals surface area (Å²) in [6, 6.07) is 0.139. The summed E-state index contributed by atoms with van der Waals surface area (Å²) in [5.74, 6) is 0.635. The highest BCUT2D eigenvalue weighted by Crippen LogP contribution is 2.33. The Balaban J connectivity index is 2.04. The zero-order valence-electron chi connectivity index (χ0n) is 10.5.